The van der Waals surface area contributed by atoms with E-state index < -0.39 is 10.1 Å². The summed E-state index contributed by atoms with van der Waals surface area (Å²) in [5.41, 5.74) is 8.76. The minimum absolute atomic E-state index is 0.189. The van der Waals surface area contributed by atoms with Crippen molar-refractivity contribution in [3.63, 3.8) is 0 Å². The SMILES string of the molecule is Cc1cc(C)n2nc(N)c(N=Nc3ccc(S(=O)(=O)O)cc3)c2n1. The molecule has 3 N–H and O–H groups in total. The van der Waals surface area contributed by atoms with Crippen LogP contribution in [0.25, 0.3) is 5.65 Å². The molecule has 3 rings (SSSR count). The third-order valence-corrected chi connectivity index (χ3v) is 4.16. The van der Waals surface area contributed by atoms with E-state index in [4.69, 9.17) is 10.3 Å². The zero-order valence-corrected chi connectivity index (χ0v) is 13.7. The number of azo groups is 1. The lowest BCUT2D eigenvalue weighted by Gasteiger charge is -2.00. The first kappa shape index (κ1) is 16.0. The predicted octanol–water partition coefficient (Wildman–Crippen LogP) is 2.59. The van der Waals surface area contributed by atoms with Gasteiger partial charge in [-0.05, 0) is 44.2 Å². The zero-order chi connectivity index (χ0) is 17.5. The van der Waals surface area contributed by atoms with Gasteiger partial charge < -0.3 is 5.73 Å². The van der Waals surface area contributed by atoms with E-state index in [2.05, 4.69) is 20.3 Å². The van der Waals surface area contributed by atoms with Gasteiger partial charge >= 0.3 is 0 Å². The summed E-state index contributed by atoms with van der Waals surface area (Å²) in [6.45, 7) is 3.73. The molecule has 0 radical (unpaired) electrons. The molecule has 24 heavy (non-hydrogen) atoms. The summed E-state index contributed by atoms with van der Waals surface area (Å²) >= 11 is 0. The Balaban J connectivity index is 2.01. The van der Waals surface area contributed by atoms with Crippen molar-refractivity contribution in [2.75, 3.05) is 5.73 Å². The molecule has 10 heteroatoms. The molecular weight excluding hydrogens is 332 g/mol. The number of fused-ring (bicyclic) bond motifs is 1. The maximum absolute atomic E-state index is 11.0. The number of anilines is 1. The largest absolute Gasteiger partial charge is 0.380 e. The number of aryl methyl sites for hydroxylation is 2. The lowest BCUT2D eigenvalue weighted by Crippen LogP contribution is -1.97. The lowest BCUT2D eigenvalue weighted by molar-refractivity contribution is 0.483. The van der Waals surface area contributed by atoms with Crippen LogP contribution in [0, 0.1) is 13.8 Å². The summed E-state index contributed by atoms with van der Waals surface area (Å²) in [5.74, 6) is 0.189. The van der Waals surface area contributed by atoms with Crippen molar-refractivity contribution in [3.05, 3.63) is 41.7 Å². The second-order valence-electron chi connectivity index (χ2n) is 5.18. The Labute approximate surface area is 137 Å². The number of rotatable bonds is 3. The highest BCUT2D eigenvalue weighted by Gasteiger charge is 2.13. The first-order chi connectivity index (χ1) is 11.3. The molecule has 0 fully saturated rings. The molecule has 0 unspecified atom stereocenters. The summed E-state index contributed by atoms with van der Waals surface area (Å²) in [7, 11) is -4.24. The van der Waals surface area contributed by atoms with Crippen LogP contribution in [-0.2, 0) is 10.1 Å². The van der Waals surface area contributed by atoms with Gasteiger partial charge in [-0.3, -0.25) is 4.55 Å². The Morgan fingerprint density at radius 3 is 2.46 bits per heavy atom. The smallest absolute Gasteiger partial charge is 0.294 e. The molecule has 0 amide bonds. The van der Waals surface area contributed by atoms with Crippen molar-refractivity contribution in [1.82, 2.24) is 14.6 Å². The molecule has 2 aromatic heterocycles. The normalized spacial score (nSPS) is 12.3. The van der Waals surface area contributed by atoms with Gasteiger partial charge in [0.2, 0.25) is 0 Å². The highest BCUT2D eigenvalue weighted by Crippen LogP contribution is 2.29. The van der Waals surface area contributed by atoms with Crippen molar-refractivity contribution >= 4 is 33.0 Å². The summed E-state index contributed by atoms with van der Waals surface area (Å²) in [5, 5.41) is 12.3. The third-order valence-electron chi connectivity index (χ3n) is 3.30. The minimum Gasteiger partial charge on any atom is -0.380 e. The highest BCUT2D eigenvalue weighted by molar-refractivity contribution is 7.85. The molecule has 0 aliphatic carbocycles. The maximum Gasteiger partial charge on any atom is 0.294 e. The van der Waals surface area contributed by atoms with Crippen molar-refractivity contribution in [3.8, 4) is 0 Å². The van der Waals surface area contributed by atoms with Crippen molar-refractivity contribution < 1.29 is 13.0 Å². The summed E-state index contributed by atoms with van der Waals surface area (Å²) in [6.07, 6.45) is 0. The minimum atomic E-state index is -4.24. The number of nitrogen functional groups attached to an aromatic ring is 1. The van der Waals surface area contributed by atoms with Gasteiger partial charge in [0, 0.05) is 11.4 Å². The van der Waals surface area contributed by atoms with Crippen molar-refractivity contribution in [2.45, 2.75) is 18.7 Å². The summed E-state index contributed by atoms with van der Waals surface area (Å²) in [4.78, 5) is 4.15. The van der Waals surface area contributed by atoms with Crippen LogP contribution in [-0.4, -0.2) is 27.6 Å². The number of benzene rings is 1. The molecule has 9 nitrogen and oxygen atoms in total. The standard InChI is InChI=1S/C14H14N6O3S/c1-8-7-9(2)20-14(16-8)12(13(15)19-20)18-17-10-3-5-11(6-4-10)24(21,22)23/h3-7H,1-2H3,(H2,15,19)(H,21,22,23). The molecule has 0 spiro atoms. The van der Waals surface area contributed by atoms with Gasteiger partial charge in [0.05, 0.1) is 10.6 Å². The average molecular weight is 346 g/mol. The van der Waals surface area contributed by atoms with Crippen LogP contribution in [0.3, 0.4) is 0 Å². The Bertz CT molecular complexity index is 1050. The van der Waals surface area contributed by atoms with E-state index in [1.807, 2.05) is 19.9 Å². The maximum atomic E-state index is 11.0. The number of nitrogens with zero attached hydrogens (tertiary/aromatic N) is 5. The van der Waals surface area contributed by atoms with Crippen molar-refractivity contribution in [2.24, 2.45) is 10.2 Å². The van der Waals surface area contributed by atoms with Gasteiger partial charge in [-0.15, -0.1) is 10.2 Å². The van der Waals surface area contributed by atoms with E-state index in [0.29, 0.717) is 17.0 Å². The van der Waals surface area contributed by atoms with E-state index in [1.165, 1.54) is 24.3 Å². The molecule has 0 saturated carbocycles. The van der Waals surface area contributed by atoms with Crippen molar-refractivity contribution in [1.29, 1.82) is 0 Å². The van der Waals surface area contributed by atoms with Crippen LogP contribution in [0.4, 0.5) is 17.2 Å². The fourth-order valence-corrected chi connectivity index (χ4v) is 2.69. The molecule has 0 atom stereocenters. The van der Waals surface area contributed by atoms with Gasteiger partial charge in [0.25, 0.3) is 10.1 Å². The first-order valence-corrected chi connectivity index (χ1v) is 8.31. The fourth-order valence-electron chi connectivity index (χ4n) is 2.21. The molecule has 0 aliphatic rings. The van der Waals surface area contributed by atoms with E-state index in [9.17, 15) is 8.42 Å². The molecule has 0 bridgehead atoms. The number of nitrogens with two attached hydrogens (primary N) is 1. The molecule has 2 heterocycles. The Morgan fingerprint density at radius 1 is 1.17 bits per heavy atom. The van der Waals surface area contributed by atoms with Gasteiger partial charge in [-0.2, -0.15) is 13.5 Å². The average Bonchev–Trinajstić information content (AvgIpc) is 2.81. The van der Waals surface area contributed by atoms with Crippen LogP contribution in [0.15, 0.2) is 45.5 Å². The molecule has 0 aliphatic heterocycles. The molecule has 1 aromatic carbocycles. The molecule has 124 valence electrons. The number of aromatic nitrogens is 3. The van der Waals surface area contributed by atoms with E-state index in [1.54, 1.807) is 4.52 Å². The fraction of sp³-hybridized carbons (Fsp3) is 0.143. The topological polar surface area (TPSA) is 135 Å². The molecule has 3 aromatic rings. The van der Waals surface area contributed by atoms with Crippen LogP contribution in [0.5, 0.6) is 0 Å². The van der Waals surface area contributed by atoms with Crippen LogP contribution >= 0.6 is 0 Å². The molecule has 0 saturated heterocycles. The van der Waals surface area contributed by atoms with Crippen LogP contribution in [0.1, 0.15) is 11.4 Å². The highest BCUT2D eigenvalue weighted by atomic mass is 32.2. The third kappa shape index (κ3) is 2.96. The summed E-state index contributed by atoms with van der Waals surface area (Å²) < 4.78 is 32.5. The quantitative estimate of drug-likeness (QED) is 0.552. The van der Waals surface area contributed by atoms with E-state index in [0.717, 1.165) is 11.4 Å². The second-order valence-corrected chi connectivity index (χ2v) is 6.60. The van der Waals surface area contributed by atoms with Crippen LogP contribution < -0.4 is 5.73 Å². The second kappa shape index (κ2) is 5.65. The number of hydrogen-bond donors (Lipinski definition) is 2. The monoisotopic (exact) mass is 346 g/mol. The Kier molecular flexibility index (Phi) is 3.78. The van der Waals surface area contributed by atoms with E-state index >= 15 is 0 Å². The predicted molar refractivity (Wildman–Crippen MR) is 87.3 cm³/mol. The van der Waals surface area contributed by atoms with Gasteiger partial charge in [0.1, 0.15) is 0 Å². The van der Waals surface area contributed by atoms with Gasteiger partial charge in [-0.1, -0.05) is 0 Å². The zero-order valence-electron chi connectivity index (χ0n) is 12.9. The first-order valence-electron chi connectivity index (χ1n) is 6.87. The Hall–Kier alpha value is -2.85. The van der Waals surface area contributed by atoms with Gasteiger partial charge in [-0.25, -0.2) is 9.50 Å². The van der Waals surface area contributed by atoms with Gasteiger partial charge in [0.15, 0.2) is 17.2 Å². The summed E-state index contributed by atoms with van der Waals surface area (Å²) in [6, 6.07) is 7.16. The molecular formula is C14H14N6O3S. The van der Waals surface area contributed by atoms with Crippen LogP contribution in [0.2, 0.25) is 0 Å². The van der Waals surface area contributed by atoms with E-state index in [-0.39, 0.29) is 10.7 Å². The Morgan fingerprint density at radius 2 is 1.83 bits per heavy atom. The lowest BCUT2D eigenvalue weighted by atomic mass is 10.3. The number of hydrogen-bond acceptors (Lipinski definition) is 7.